The number of rotatable bonds is 16. The fourth-order valence-corrected chi connectivity index (χ4v) is 2.69. The summed E-state index contributed by atoms with van der Waals surface area (Å²) >= 11 is 0. The van der Waals surface area contributed by atoms with E-state index in [4.69, 9.17) is 5.73 Å². The summed E-state index contributed by atoms with van der Waals surface area (Å²) in [6, 6.07) is 0. The Morgan fingerprint density at radius 3 is 0.917 bits per heavy atom. The normalized spacial score (nSPS) is 10.2. The van der Waals surface area contributed by atoms with Crippen LogP contribution in [0.4, 0.5) is 0 Å². The van der Waals surface area contributed by atoms with Crippen LogP contribution in [-0.4, -0.2) is 38.1 Å². The molecule has 0 aliphatic rings. The molecule has 0 aromatic carbocycles. The molecule has 0 radical (unpaired) electrons. The van der Waals surface area contributed by atoms with Crippen molar-refractivity contribution in [2.45, 2.75) is 110 Å². The molecule has 0 atom stereocenters. The molecule has 150 valence electrons. The summed E-state index contributed by atoms with van der Waals surface area (Å²) in [6.07, 6.45) is 22.9. The summed E-state index contributed by atoms with van der Waals surface area (Å²) in [5.41, 5.74) is 5.48. The number of nitrogens with two attached hydrogens (primary N) is 1. The van der Waals surface area contributed by atoms with E-state index in [1.807, 2.05) is 26.0 Å². The summed E-state index contributed by atoms with van der Waals surface area (Å²) in [5.74, 6) is 0. The van der Waals surface area contributed by atoms with E-state index in [1.54, 1.807) is 0 Å². The van der Waals surface area contributed by atoms with Gasteiger partial charge in [0.2, 0.25) is 0 Å². The molecule has 0 unspecified atom stereocenters. The molecular formula is C21H50N2O. The van der Waals surface area contributed by atoms with Gasteiger partial charge in [-0.3, -0.25) is 0 Å². The second-order valence-corrected chi connectivity index (χ2v) is 7.43. The molecule has 0 aromatic rings. The third-order valence-corrected chi connectivity index (χ3v) is 4.06. The van der Waals surface area contributed by atoms with Crippen molar-refractivity contribution in [1.29, 1.82) is 0 Å². The molecule has 0 spiro atoms. The Kier molecular flexibility index (Phi) is 33.1. The zero-order valence-corrected chi connectivity index (χ0v) is 17.5. The molecule has 0 aliphatic heterocycles. The van der Waals surface area contributed by atoms with Gasteiger partial charge in [-0.1, -0.05) is 103 Å². The van der Waals surface area contributed by atoms with Crippen molar-refractivity contribution >= 4 is 0 Å². The van der Waals surface area contributed by atoms with Crippen molar-refractivity contribution in [3.8, 4) is 0 Å². The first-order valence-electron chi connectivity index (χ1n) is 10.5. The largest absolute Gasteiger partial charge is 0.412 e. The maximum Gasteiger partial charge on any atom is -0.00773 e. The van der Waals surface area contributed by atoms with Gasteiger partial charge in [-0.05, 0) is 34.1 Å². The van der Waals surface area contributed by atoms with Crippen LogP contribution in [0.2, 0.25) is 0 Å². The minimum Gasteiger partial charge on any atom is -0.412 e. The second-order valence-electron chi connectivity index (χ2n) is 7.43. The minimum atomic E-state index is 0. The fraction of sp³-hybridized carbons (Fsp3) is 1.00. The summed E-state index contributed by atoms with van der Waals surface area (Å²) in [7, 11) is 6.00. The van der Waals surface area contributed by atoms with Gasteiger partial charge in [0, 0.05) is 0 Å². The van der Waals surface area contributed by atoms with Gasteiger partial charge in [0.05, 0.1) is 0 Å². The van der Waals surface area contributed by atoms with Crippen LogP contribution in [0.15, 0.2) is 0 Å². The third kappa shape index (κ3) is 37.8. The van der Waals surface area contributed by atoms with Crippen LogP contribution < -0.4 is 5.73 Å². The van der Waals surface area contributed by atoms with Crippen molar-refractivity contribution in [1.82, 2.24) is 4.90 Å². The van der Waals surface area contributed by atoms with E-state index >= 15 is 0 Å². The van der Waals surface area contributed by atoms with E-state index in [2.05, 4.69) is 6.92 Å². The van der Waals surface area contributed by atoms with Crippen LogP contribution in [0.25, 0.3) is 0 Å². The zero-order valence-electron chi connectivity index (χ0n) is 17.5. The van der Waals surface area contributed by atoms with Crippen molar-refractivity contribution in [3.05, 3.63) is 0 Å². The van der Waals surface area contributed by atoms with Gasteiger partial charge in [-0.15, -0.1) is 0 Å². The number of nitrogens with zero attached hydrogens (tertiary/aromatic N) is 1. The van der Waals surface area contributed by atoms with E-state index in [-0.39, 0.29) is 5.48 Å². The molecular weight excluding hydrogens is 296 g/mol. The molecule has 0 saturated carbocycles. The topological polar surface area (TPSA) is 60.8 Å². The third-order valence-electron chi connectivity index (χ3n) is 4.06. The molecule has 0 fully saturated rings. The smallest absolute Gasteiger partial charge is 0.00773 e. The molecule has 0 amide bonds. The average Bonchev–Trinajstić information content (AvgIpc) is 2.50. The highest BCUT2D eigenvalue weighted by Crippen LogP contribution is 2.13. The summed E-state index contributed by atoms with van der Waals surface area (Å²) in [6.45, 7) is 3.16. The molecule has 3 heteroatoms. The molecule has 24 heavy (non-hydrogen) atoms. The van der Waals surface area contributed by atoms with Gasteiger partial charge in [0.15, 0.2) is 0 Å². The first-order valence-corrected chi connectivity index (χ1v) is 10.5. The minimum absolute atomic E-state index is 0. The van der Waals surface area contributed by atoms with E-state index in [0.717, 1.165) is 6.54 Å². The lowest BCUT2D eigenvalue weighted by Gasteiger charge is -2.03. The highest BCUT2D eigenvalue weighted by atomic mass is 16.0. The van der Waals surface area contributed by atoms with Crippen LogP contribution >= 0.6 is 0 Å². The highest BCUT2D eigenvalue weighted by Gasteiger charge is 1.94. The quantitative estimate of drug-likeness (QED) is 0.372. The maximum absolute atomic E-state index is 5.48. The SMILES string of the molecule is CCCCCCCCCCCCCCCCCCN.CN(C)C.O. The summed E-state index contributed by atoms with van der Waals surface area (Å²) in [4.78, 5) is 2.00. The van der Waals surface area contributed by atoms with Crippen molar-refractivity contribution in [2.75, 3.05) is 27.7 Å². The predicted molar refractivity (Wildman–Crippen MR) is 112 cm³/mol. The van der Waals surface area contributed by atoms with Gasteiger partial charge in [0.25, 0.3) is 0 Å². The van der Waals surface area contributed by atoms with Gasteiger partial charge in [-0.25, -0.2) is 0 Å². The lowest BCUT2D eigenvalue weighted by molar-refractivity contribution is 0.505. The van der Waals surface area contributed by atoms with Gasteiger partial charge < -0.3 is 16.1 Å². The highest BCUT2D eigenvalue weighted by molar-refractivity contribution is 4.49. The monoisotopic (exact) mass is 346 g/mol. The van der Waals surface area contributed by atoms with Gasteiger partial charge in [0.1, 0.15) is 0 Å². The van der Waals surface area contributed by atoms with E-state index in [0.29, 0.717) is 0 Å². The Bertz CT molecular complexity index is 168. The second kappa shape index (κ2) is 27.7. The van der Waals surface area contributed by atoms with Gasteiger partial charge >= 0.3 is 0 Å². The Morgan fingerprint density at radius 1 is 0.500 bits per heavy atom. The summed E-state index contributed by atoms with van der Waals surface area (Å²) in [5, 5.41) is 0. The molecule has 0 heterocycles. The van der Waals surface area contributed by atoms with Crippen LogP contribution in [0, 0.1) is 0 Å². The van der Waals surface area contributed by atoms with E-state index < -0.39 is 0 Å². The van der Waals surface area contributed by atoms with Crippen LogP contribution in [-0.2, 0) is 0 Å². The first-order chi connectivity index (χ1) is 11.1. The van der Waals surface area contributed by atoms with Crippen LogP contribution in [0.3, 0.4) is 0 Å². The Hall–Kier alpha value is -0.120. The van der Waals surface area contributed by atoms with E-state index in [9.17, 15) is 0 Å². The average molecular weight is 347 g/mol. The molecule has 0 bridgehead atoms. The van der Waals surface area contributed by atoms with Crippen LogP contribution in [0.1, 0.15) is 110 Å². The van der Waals surface area contributed by atoms with Crippen molar-refractivity contribution in [2.24, 2.45) is 5.73 Å². The lowest BCUT2D eigenvalue weighted by Crippen LogP contribution is -1.99. The Balaban J connectivity index is -0.000000787. The number of hydrogen-bond donors (Lipinski definition) is 1. The molecule has 0 aliphatic carbocycles. The lowest BCUT2D eigenvalue weighted by atomic mass is 10.0. The molecule has 4 N–H and O–H groups in total. The molecule has 0 rings (SSSR count). The van der Waals surface area contributed by atoms with Crippen molar-refractivity contribution in [3.63, 3.8) is 0 Å². The maximum atomic E-state index is 5.48. The van der Waals surface area contributed by atoms with Crippen molar-refractivity contribution < 1.29 is 5.48 Å². The molecule has 0 aromatic heterocycles. The number of hydrogen-bond acceptors (Lipinski definition) is 2. The zero-order chi connectivity index (χ0) is 17.6. The predicted octanol–water partition coefficient (Wildman–Crippen LogP) is 5.56. The molecule has 3 nitrogen and oxygen atoms in total. The van der Waals surface area contributed by atoms with E-state index in [1.165, 1.54) is 103 Å². The Labute approximate surface area is 154 Å². The standard InChI is InChI=1S/C18H39N.C3H9N.H2O/c1-2-3-4-5-6-7-8-9-10-11-12-13-14-15-16-17-18-19;1-4(2)3;/h2-19H2,1H3;1-3H3;1H2. The number of unbranched alkanes of at least 4 members (excludes halogenated alkanes) is 15. The van der Waals surface area contributed by atoms with Gasteiger partial charge in [-0.2, -0.15) is 0 Å². The molecule has 0 saturated heterocycles. The Morgan fingerprint density at radius 2 is 0.708 bits per heavy atom. The fourth-order valence-electron chi connectivity index (χ4n) is 2.69. The first kappa shape index (κ1) is 28.7. The summed E-state index contributed by atoms with van der Waals surface area (Å²) < 4.78 is 0. The van der Waals surface area contributed by atoms with Crippen LogP contribution in [0.5, 0.6) is 0 Å².